The van der Waals surface area contributed by atoms with Crippen LogP contribution in [0.15, 0.2) is 24.3 Å². The number of carbonyl (C=O) groups excluding carboxylic acids is 3. The minimum atomic E-state index is -0.438. The predicted molar refractivity (Wildman–Crippen MR) is 87.2 cm³/mol. The summed E-state index contributed by atoms with van der Waals surface area (Å²) >= 11 is 0. The molecule has 0 saturated heterocycles. The maximum atomic E-state index is 12.0. The topological polar surface area (TPSA) is 84.5 Å². The van der Waals surface area contributed by atoms with Crippen molar-refractivity contribution in [3.8, 4) is 5.75 Å². The van der Waals surface area contributed by atoms with E-state index in [0.29, 0.717) is 24.4 Å². The molecule has 0 aliphatic heterocycles. The second-order valence-corrected chi connectivity index (χ2v) is 5.18. The Labute approximate surface area is 136 Å². The second-order valence-electron chi connectivity index (χ2n) is 5.18. The zero-order valence-corrected chi connectivity index (χ0v) is 13.8. The van der Waals surface area contributed by atoms with Crippen LogP contribution in [0.1, 0.15) is 44.0 Å². The van der Waals surface area contributed by atoms with Crippen molar-refractivity contribution < 1.29 is 19.1 Å². The molecule has 6 nitrogen and oxygen atoms in total. The fourth-order valence-corrected chi connectivity index (χ4v) is 2.13. The molecule has 0 aliphatic carbocycles. The molecule has 0 unspecified atom stereocenters. The Kier molecular flexibility index (Phi) is 7.80. The van der Waals surface area contributed by atoms with E-state index in [2.05, 4.69) is 10.6 Å². The number of nitrogens with one attached hydrogen (secondary N) is 2. The lowest BCUT2D eigenvalue weighted by Crippen LogP contribution is -2.37. The van der Waals surface area contributed by atoms with Crippen LogP contribution < -0.4 is 15.4 Å². The van der Waals surface area contributed by atoms with Gasteiger partial charge in [-0.15, -0.1) is 0 Å². The lowest BCUT2D eigenvalue weighted by Gasteiger charge is -2.13. The molecule has 6 heteroatoms. The minimum absolute atomic E-state index is 0.0149. The summed E-state index contributed by atoms with van der Waals surface area (Å²) in [4.78, 5) is 34.7. The van der Waals surface area contributed by atoms with E-state index in [9.17, 15) is 14.4 Å². The van der Waals surface area contributed by atoms with E-state index < -0.39 is 5.97 Å². The van der Waals surface area contributed by atoms with Gasteiger partial charge in [0, 0.05) is 31.5 Å². The molecule has 126 valence electrons. The summed E-state index contributed by atoms with van der Waals surface area (Å²) in [5, 5.41) is 5.52. The molecule has 0 bridgehead atoms. The van der Waals surface area contributed by atoms with Gasteiger partial charge in [-0.25, -0.2) is 0 Å². The summed E-state index contributed by atoms with van der Waals surface area (Å²) < 4.78 is 4.94. The first-order valence-corrected chi connectivity index (χ1v) is 7.82. The van der Waals surface area contributed by atoms with Gasteiger partial charge in [0.15, 0.2) is 0 Å². The van der Waals surface area contributed by atoms with Crippen LogP contribution in [0.5, 0.6) is 5.75 Å². The van der Waals surface area contributed by atoms with Crippen LogP contribution >= 0.6 is 0 Å². The summed E-state index contributed by atoms with van der Waals surface area (Å²) in [6.07, 6.45) is 1.61. The van der Waals surface area contributed by atoms with Crippen LogP contribution in [-0.4, -0.2) is 30.9 Å². The van der Waals surface area contributed by atoms with E-state index in [0.717, 1.165) is 12.8 Å². The molecule has 23 heavy (non-hydrogen) atoms. The largest absolute Gasteiger partial charge is 0.427 e. The quantitative estimate of drug-likeness (QED) is 0.435. The normalized spacial score (nSPS) is 10.3. The monoisotopic (exact) mass is 320 g/mol. The fourth-order valence-electron chi connectivity index (χ4n) is 2.13. The first-order valence-electron chi connectivity index (χ1n) is 7.82. The maximum Gasteiger partial charge on any atom is 0.308 e. The zero-order valence-electron chi connectivity index (χ0n) is 13.8. The smallest absolute Gasteiger partial charge is 0.308 e. The molecule has 0 heterocycles. The Morgan fingerprint density at radius 1 is 1.09 bits per heavy atom. The standard InChI is InChI=1S/C17H24N2O4/c1-4-13(5-2)16(21)18-9-10-19-17(22)14-7-6-8-15(11-14)23-12(3)20/h6-8,11,13H,4-5,9-10H2,1-3H3,(H,18,21)(H,19,22). The summed E-state index contributed by atoms with van der Waals surface area (Å²) in [5.41, 5.74) is 0.398. The number of hydrogen-bond donors (Lipinski definition) is 2. The first kappa shape index (κ1) is 18.7. The SMILES string of the molecule is CCC(CC)C(=O)NCCNC(=O)c1cccc(OC(C)=O)c1. The molecule has 0 aliphatic rings. The van der Waals surface area contributed by atoms with Crippen molar-refractivity contribution in [3.05, 3.63) is 29.8 Å². The third-order valence-corrected chi connectivity index (χ3v) is 3.42. The van der Waals surface area contributed by atoms with E-state index in [1.54, 1.807) is 18.2 Å². The Bertz CT molecular complexity index is 553. The molecule has 1 aromatic rings. The molecule has 2 amide bonds. The molecule has 0 radical (unpaired) electrons. The van der Waals surface area contributed by atoms with Gasteiger partial charge >= 0.3 is 5.97 Å². The molecule has 1 aromatic carbocycles. The van der Waals surface area contributed by atoms with Gasteiger partial charge in [0.25, 0.3) is 5.91 Å². The van der Waals surface area contributed by atoms with Crippen molar-refractivity contribution in [2.75, 3.05) is 13.1 Å². The molecule has 0 atom stereocenters. The van der Waals surface area contributed by atoms with Crippen molar-refractivity contribution >= 4 is 17.8 Å². The number of hydrogen-bond acceptors (Lipinski definition) is 4. The number of benzene rings is 1. The highest BCUT2D eigenvalue weighted by atomic mass is 16.5. The molecule has 2 N–H and O–H groups in total. The number of amides is 2. The van der Waals surface area contributed by atoms with Crippen molar-refractivity contribution in [1.82, 2.24) is 10.6 Å². The summed E-state index contributed by atoms with van der Waals surface area (Å²) in [5.74, 6) is -0.359. The average molecular weight is 320 g/mol. The molecule has 0 saturated carbocycles. The number of rotatable bonds is 8. The molecule has 1 rings (SSSR count). The Balaban J connectivity index is 2.42. The highest BCUT2D eigenvalue weighted by Crippen LogP contribution is 2.13. The minimum Gasteiger partial charge on any atom is -0.427 e. The molecule has 0 fully saturated rings. The Morgan fingerprint density at radius 2 is 1.74 bits per heavy atom. The Morgan fingerprint density at radius 3 is 2.35 bits per heavy atom. The van der Waals surface area contributed by atoms with Crippen LogP contribution in [0, 0.1) is 5.92 Å². The molecular weight excluding hydrogens is 296 g/mol. The van der Waals surface area contributed by atoms with E-state index in [1.807, 2.05) is 13.8 Å². The fraction of sp³-hybridized carbons (Fsp3) is 0.471. The highest BCUT2D eigenvalue weighted by molar-refractivity contribution is 5.94. The zero-order chi connectivity index (χ0) is 17.2. The van der Waals surface area contributed by atoms with E-state index >= 15 is 0 Å². The van der Waals surface area contributed by atoms with Crippen LogP contribution in [0.25, 0.3) is 0 Å². The van der Waals surface area contributed by atoms with Gasteiger partial charge in [-0.05, 0) is 31.0 Å². The average Bonchev–Trinajstić information content (AvgIpc) is 2.52. The third-order valence-electron chi connectivity index (χ3n) is 3.42. The van der Waals surface area contributed by atoms with Crippen LogP contribution in [0.3, 0.4) is 0 Å². The number of esters is 1. The van der Waals surface area contributed by atoms with Gasteiger partial charge in [0.05, 0.1) is 0 Å². The van der Waals surface area contributed by atoms with Gasteiger partial charge in [0.2, 0.25) is 5.91 Å². The van der Waals surface area contributed by atoms with Gasteiger partial charge in [-0.1, -0.05) is 19.9 Å². The van der Waals surface area contributed by atoms with E-state index in [4.69, 9.17) is 4.74 Å². The highest BCUT2D eigenvalue weighted by Gasteiger charge is 2.13. The number of ether oxygens (including phenoxy) is 1. The number of carbonyl (C=O) groups is 3. The van der Waals surface area contributed by atoms with Gasteiger partial charge in [-0.3, -0.25) is 14.4 Å². The summed E-state index contributed by atoms with van der Waals surface area (Å²) in [7, 11) is 0. The van der Waals surface area contributed by atoms with Crippen molar-refractivity contribution in [1.29, 1.82) is 0 Å². The third kappa shape index (κ3) is 6.50. The van der Waals surface area contributed by atoms with Gasteiger partial charge < -0.3 is 15.4 Å². The molecular formula is C17H24N2O4. The lowest BCUT2D eigenvalue weighted by molar-refractivity contribution is -0.132. The van der Waals surface area contributed by atoms with Crippen molar-refractivity contribution in [3.63, 3.8) is 0 Å². The van der Waals surface area contributed by atoms with E-state index in [1.165, 1.54) is 13.0 Å². The molecule has 0 aromatic heterocycles. The second kappa shape index (κ2) is 9.61. The van der Waals surface area contributed by atoms with Crippen LogP contribution in [0.2, 0.25) is 0 Å². The first-order chi connectivity index (χ1) is 11.0. The van der Waals surface area contributed by atoms with Gasteiger partial charge in [0.1, 0.15) is 5.75 Å². The van der Waals surface area contributed by atoms with Gasteiger partial charge in [-0.2, -0.15) is 0 Å². The van der Waals surface area contributed by atoms with Crippen molar-refractivity contribution in [2.24, 2.45) is 5.92 Å². The lowest BCUT2D eigenvalue weighted by atomic mass is 10.0. The summed E-state index contributed by atoms with van der Waals surface area (Å²) in [6, 6.07) is 6.38. The van der Waals surface area contributed by atoms with Crippen LogP contribution in [-0.2, 0) is 9.59 Å². The maximum absolute atomic E-state index is 12.0. The van der Waals surface area contributed by atoms with E-state index in [-0.39, 0.29) is 17.7 Å². The Hall–Kier alpha value is -2.37. The predicted octanol–water partition coefficient (Wildman–Crippen LogP) is 1.89. The summed E-state index contributed by atoms with van der Waals surface area (Å²) in [6.45, 7) is 5.97. The van der Waals surface area contributed by atoms with Crippen LogP contribution in [0.4, 0.5) is 0 Å². The molecule has 0 spiro atoms. The van der Waals surface area contributed by atoms with Crippen molar-refractivity contribution in [2.45, 2.75) is 33.6 Å².